The summed E-state index contributed by atoms with van der Waals surface area (Å²) in [6.45, 7) is 3.76. The van der Waals surface area contributed by atoms with E-state index in [2.05, 4.69) is 15.9 Å². The van der Waals surface area contributed by atoms with E-state index in [4.69, 9.17) is 4.74 Å². The fourth-order valence-electron chi connectivity index (χ4n) is 2.23. The highest BCUT2D eigenvalue weighted by Gasteiger charge is 2.16. The van der Waals surface area contributed by atoms with Crippen molar-refractivity contribution in [2.45, 2.75) is 13.8 Å². The molecule has 2 nitrogen and oxygen atoms in total. The van der Waals surface area contributed by atoms with Crippen molar-refractivity contribution in [1.29, 1.82) is 0 Å². The Labute approximate surface area is 125 Å². The molecule has 2 rings (SSSR count). The number of aryl methyl sites for hydroxylation is 2. The Kier molecular flexibility index (Phi) is 4.23. The molecule has 0 aliphatic rings. The first-order valence-corrected chi connectivity index (χ1v) is 6.88. The van der Waals surface area contributed by atoms with Crippen molar-refractivity contribution >= 4 is 21.7 Å². The summed E-state index contributed by atoms with van der Waals surface area (Å²) in [6.07, 6.45) is 0. The van der Waals surface area contributed by atoms with Crippen LogP contribution in [0, 0.1) is 19.7 Å². The van der Waals surface area contributed by atoms with Gasteiger partial charge >= 0.3 is 0 Å². The van der Waals surface area contributed by atoms with Crippen LogP contribution in [0.4, 0.5) is 4.39 Å². The van der Waals surface area contributed by atoms with Crippen LogP contribution in [0.1, 0.15) is 27.0 Å². The number of carbonyl (C=O) groups is 1. The molecule has 0 fully saturated rings. The van der Waals surface area contributed by atoms with Gasteiger partial charge in [0.1, 0.15) is 11.6 Å². The summed E-state index contributed by atoms with van der Waals surface area (Å²) in [4.78, 5) is 12.5. The molecule has 0 unspecified atom stereocenters. The number of carbonyl (C=O) groups excluding carboxylic acids is 1. The van der Waals surface area contributed by atoms with Gasteiger partial charge in [-0.2, -0.15) is 0 Å². The number of hydrogen-bond donors (Lipinski definition) is 0. The largest absolute Gasteiger partial charge is 0.496 e. The summed E-state index contributed by atoms with van der Waals surface area (Å²) in [5.74, 6) is 0.114. The molecule has 2 aromatic rings. The van der Waals surface area contributed by atoms with Crippen LogP contribution in [0.25, 0.3) is 0 Å². The quantitative estimate of drug-likeness (QED) is 0.774. The molecule has 0 atom stereocenters. The third kappa shape index (κ3) is 2.75. The van der Waals surface area contributed by atoms with Gasteiger partial charge in [-0.3, -0.25) is 4.79 Å². The van der Waals surface area contributed by atoms with Crippen LogP contribution in [0.3, 0.4) is 0 Å². The molecule has 0 N–H and O–H groups in total. The molecule has 20 heavy (non-hydrogen) atoms. The van der Waals surface area contributed by atoms with Gasteiger partial charge in [-0.1, -0.05) is 15.9 Å². The Balaban J connectivity index is 2.51. The van der Waals surface area contributed by atoms with E-state index in [-0.39, 0.29) is 5.78 Å². The van der Waals surface area contributed by atoms with Crippen LogP contribution in [-0.4, -0.2) is 12.9 Å². The number of rotatable bonds is 3. The zero-order chi connectivity index (χ0) is 14.9. The zero-order valence-electron chi connectivity index (χ0n) is 11.5. The summed E-state index contributed by atoms with van der Waals surface area (Å²) >= 11 is 3.28. The van der Waals surface area contributed by atoms with Gasteiger partial charge in [-0.05, 0) is 55.3 Å². The summed E-state index contributed by atoms with van der Waals surface area (Å²) in [7, 11) is 1.60. The van der Waals surface area contributed by atoms with E-state index >= 15 is 0 Å². The van der Waals surface area contributed by atoms with E-state index in [9.17, 15) is 9.18 Å². The Morgan fingerprint density at radius 3 is 2.30 bits per heavy atom. The van der Waals surface area contributed by atoms with Crippen LogP contribution >= 0.6 is 15.9 Å². The van der Waals surface area contributed by atoms with Crippen LogP contribution in [0.2, 0.25) is 0 Å². The zero-order valence-corrected chi connectivity index (χ0v) is 13.0. The highest BCUT2D eigenvalue weighted by Crippen LogP contribution is 2.27. The molecule has 2 aromatic carbocycles. The van der Waals surface area contributed by atoms with Gasteiger partial charge in [0.2, 0.25) is 0 Å². The maximum atomic E-state index is 13.3. The van der Waals surface area contributed by atoms with Gasteiger partial charge in [-0.15, -0.1) is 0 Å². The minimum Gasteiger partial charge on any atom is -0.496 e. The number of benzene rings is 2. The normalized spacial score (nSPS) is 10.4. The predicted octanol–water partition coefficient (Wildman–Crippen LogP) is 4.44. The minimum atomic E-state index is -0.432. The highest BCUT2D eigenvalue weighted by molar-refractivity contribution is 9.10. The van der Waals surface area contributed by atoms with E-state index in [1.165, 1.54) is 18.2 Å². The van der Waals surface area contributed by atoms with Crippen LogP contribution < -0.4 is 4.74 Å². The van der Waals surface area contributed by atoms with Gasteiger partial charge in [0, 0.05) is 15.6 Å². The van der Waals surface area contributed by atoms with Gasteiger partial charge in [0.05, 0.1) is 7.11 Å². The molecule has 0 spiro atoms. The third-order valence-electron chi connectivity index (χ3n) is 3.10. The van der Waals surface area contributed by atoms with Crippen molar-refractivity contribution in [2.75, 3.05) is 7.11 Å². The van der Waals surface area contributed by atoms with E-state index in [1.54, 1.807) is 19.2 Å². The standard InChI is InChI=1S/C16H14BrFO2/c1-9-6-11(7-10(2)16(9)20-3)15(19)13-8-12(18)4-5-14(13)17/h4-8H,1-3H3. The Hall–Kier alpha value is -1.68. The van der Waals surface area contributed by atoms with Gasteiger partial charge in [0.15, 0.2) is 5.78 Å². The number of halogens is 2. The van der Waals surface area contributed by atoms with Gasteiger partial charge in [-0.25, -0.2) is 4.39 Å². The maximum Gasteiger partial charge on any atom is 0.194 e. The topological polar surface area (TPSA) is 26.3 Å². The van der Waals surface area contributed by atoms with E-state index in [0.717, 1.165) is 16.9 Å². The molecule has 0 saturated carbocycles. The lowest BCUT2D eigenvalue weighted by atomic mass is 9.98. The average Bonchev–Trinajstić information content (AvgIpc) is 2.40. The van der Waals surface area contributed by atoms with Crippen molar-refractivity contribution in [1.82, 2.24) is 0 Å². The second-order valence-electron chi connectivity index (χ2n) is 4.60. The van der Waals surface area contributed by atoms with Crippen molar-refractivity contribution in [3.63, 3.8) is 0 Å². The first kappa shape index (κ1) is 14.7. The lowest BCUT2D eigenvalue weighted by Crippen LogP contribution is -2.05. The fourth-order valence-corrected chi connectivity index (χ4v) is 2.66. The van der Waals surface area contributed by atoms with Crippen molar-refractivity contribution in [3.8, 4) is 5.75 Å². The Morgan fingerprint density at radius 2 is 1.75 bits per heavy atom. The van der Waals surface area contributed by atoms with Gasteiger partial charge in [0.25, 0.3) is 0 Å². The lowest BCUT2D eigenvalue weighted by molar-refractivity contribution is 0.103. The van der Waals surface area contributed by atoms with Crippen LogP contribution in [0.5, 0.6) is 5.75 Å². The number of ether oxygens (including phenoxy) is 1. The molecule has 0 aliphatic carbocycles. The first-order valence-electron chi connectivity index (χ1n) is 6.09. The summed E-state index contributed by atoms with van der Waals surface area (Å²) in [6, 6.07) is 7.59. The molecular weight excluding hydrogens is 323 g/mol. The van der Waals surface area contributed by atoms with Crippen LogP contribution in [-0.2, 0) is 0 Å². The smallest absolute Gasteiger partial charge is 0.194 e. The lowest BCUT2D eigenvalue weighted by Gasteiger charge is -2.11. The Morgan fingerprint density at radius 1 is 1.15 bits per heavy atom. The second-order valence-corrected chi connectivity index (χ2v) is 5.45. The summed E-state index contributed by atoms with van der Waals surface area (Å²) < 4.78 is 19.2. The number of methoxy groups -OCH3 is 1. The van der Waals surface area contributed by atoms with Crippen LogP contribution in [0.15, 0.2) is 34.8 Å². The maximum absolute atomic E-state index is 13.3. The van der Waals surface area contributed by atoms with Crippen molar-refractivity contribution in [2.24, 2.45) is 0 Å². The van der Waals surface area contributed by atoms with Crippen molar-refractivity contribution in [3.05, 3.63) is 62.9 Å². The molecule has 0 heterocycles. The highest BCUT2D eigenvalue weighted by atomic mass is 79.9. The average molecular weight is 337 g/mol. The molecule has 0 bridgehead atoms. The molecule has 0 aliphatic heterocycles. The molecule has 4 heteroatoms. The monoisotopic (exact) mass is 336 g/mol. The third-order valence-corrected chi connectivity index (χ3v) is 3.79. The molecular formula is C16H14BrFO2. The van der Waals surface area contributed by atoms with E-state index in [0.29, 0.717) is 15.6 Å². The number of hydrogen-bond acceptors (Lipinski definition) is 2. The van der Waals surface area contributed by atoms with E-state index < -0.39 is 5.82 Å². The minimum absolute atomic E-state index is 0.217. The first-order chi connectivity index (χ1) is 9.43. The number of ketones is 1. The second kappa shape index (κ2) is 5.75. The molecule has 0 aromatic heterocycles. The summed E-state index contributed by atoms with van der Waals surface area (Å²) in [5, 5.41) is 0. The van der Waals surface area contributed by atoms with Gasteiger partial charge < -0.3 is 4.74 Å². The fraction of sp³-hybridized carbons (Fsp3) is 0.188. The van der Waals surface area contributed by atoms with E-state index in [1.807, 2.05) is 13.8 Å². The molecule has 0 radical (unpaired) electrons. The molecule has 104 valence electrons. The molecule has 0 amide bonds. The Bertz CT molecular complexity index is 657. The summed E-state index contributed by atoms with van der Waals surface area (Å²) in [5.41, 5.74) is 2.59. The van der Waals surface area contributed by atoms with Crippen molar-refractivity contribution < 1.29 is 13.9 Å². The SMILES string of the molecule is COc1c(C)cc(C(=O)c2cc(F)ccc2Br)cc1C. The molecule has 0 saturated heterocycles. The predicted molar refractivity (Wildman–Crippen MR) is 80.0 cm³/mol.